The van der Waals surface area contributed by atoms with Gasteiger partial charge in [-0.25, -0.2) is 0 Å². The molecule has 0 amide bonds. The first-order valence-electron chi connectivity index (χ1n) is 4.99. The standard InChI is InChI=1S/C13H11NO/c1-13(15)10-6-3-2-5-9(10)12-11(13)7-4-8-14-12/h2-8,15H,1H3. The number of aliphatic hydroxyl groups is 1. The van der Waals surface area contributed by atoms with Crippen LogP contribution in [0.3, 0.4) is 0 Å². The van der Waals surface area contributed by atoms with Crippen molar-refractivity contribution in [2.45, 2.75) is 12.5 Å². The Kier molecular flexibility index (Phi) is 1.54. The number of benzene rings is 1. The van der Waals surface area contributed by atoms with Crippen LogP contribution >= 0.6 is 0 Å². The fourth-order valence-corrected chi connectivity index (χ4v) is 2.27. The zero-order valence-corrected chi connectivity index (χ0v) is 8.44. The van der Waals surface area contributed by atoms with Crippen LogP contribution in [0.4, 0.5) is 0 Å². The molecule has 1 aromatic heterocycles. The molecule has 15 heavy (non-hydrogen) atoms. The van der Waals surface area contributed by atoms with Gasteiger partial charge in [0, 0.05) is 17.3 Å². The Bertz CT molecular complexity index is 484. The third kappa shape index (κ3) is 0.997. The van der Waals surface area contributed by atoms with Crippen LogP contribution < -0.4 is 0 Å². The van der Waals surface area contributed by atoms with E-state index in [4.69, 9.17) is 0 Å². The van der Waals surface area contributed by atoms with Crippen LogP contribution in [0, 0.1) is 0 Å². The summed E-state index contributed by atoms with van der Waals surface area (Å²) < 4.78 is 0. The molecule has 0 saturated carbocycles. The molecular weight excluding hydrogens is 186 g/mol. The van der Waals surface area contributed by atoms with Crippen molar-refractivity contribution in [1.82, 2.24) is 4.98 Å². The molecule has 2 nitrogen and oxygen atoms in total. The van der Waals surface area contributed by atoms with Crippen LogP contribution in [0.5, 0.6) is 0 Å². The number of fused-ring (bicyclic) bond motifs is 3. The van der Waals surface area contributed by atoms with Crippen LogP contribution in [0.1, 0.15) is 18.1 Å². The van der Waals surface area contributed by atoms with Gasteiger partial charge in [-0.1, -0.05) is 30.3 Å². The van der Waals surface area contributed by atoms with E-state index in [0.717, 1.165) is 22.4 Å². The maximum absolute atomic E-state index is 10.5. The molecule has 1 aliphatic carbocycles. The van der Waals surface area contributed by atoms with Gasteiger partial charge in [0.1, 0.15) is 5.60 Å². The predicted molar refractivity (Wildman–Crippen MR) is 58.3 cm³/mol. The highest BCUT2D eigenvalue weighted by atomic mass is 16.3. The molecule has 0 radical (unpaired) electrons. The summed E-state index contributed by atoms with van der Waals surface area (Å²) in [5, 5.41) is 10.5. The molecule has 0 saturated heterocycles. The van der Waals surface area contributed by atoms with E-state index in [2.05, 4.69) is 4.98 Å². The van der Waals surface area contributed by atoms with Gasteiger partial charge >= 0.3 is 0 Å². The van der Waals surface area contributed by atoms with Crippen LogP contribution in [-0.2, 0) is 5.60 Å². The Morgan fingerprint density at radius 2 is 1.80 bits per heavy atom. The summed E-state index contributed by atoms with van der Waals surface area (Å²) in [5.41, 5.74) is 2.88. The van der Waals surface area contributed by atoms with Gasteiger partial charge in [-0.05, 0) is 18.6 Å². The van der Waals surface area contributed by atoms with Gasteiger partial charge in [-0.3, -0.25) is 4.98 Å². The van der Waals surface area contributed by atoms with Crippen molar-refractivity contribution in [2.24, 2.45) is 0 Å². The van der Waals surface area contributed by atoms with E-state index in [1.54, 1.807) is 6.20 Å². The van der Waals surface area contributed by atoms with Crippen molar-refractivity contribution in [2.75, 3.05) is 0 Å². The fourth-order valence-electron chi connectivity index (χ4n) is 2.27. The molecule has 0 spiro atoms. The number of pyridine rings is 1. The summed E-state index contributed by atoms with van der Waals surface area (Å²) in [5.74, 6) is 0. The van der Waals surface area contributed by atoms with Crippen molar-refractivity contribution < 1.29 is 5.11 Å². The van der Waals surface area contributed by atoms with Gasteiger partial charge in [-0.2, -0.15) is 0 Å². The minimum absolute atomic E-state index is 0.895. The zero-order valence-electron chi connectivity index (χ0n) is 8.44. The van der Waals surface area contributed by atoms with Gasteiger partial charge in [-0.15, -0.1) is 0 Å². The summed E-state index contributed by atoms with van der Waals surface area (Å²) in [6.07, 6.45) is 1.76. The topological polar surface area (TPSA) is 33.1 Å². The van der Waals surface area contributed by atoms with Gasteiger partial charge < -0.3 is 5.11 Å². The minimum Gasteiger partial charge on any atom is -0.381 e. The first kappa shape index (κ1) is 8.62. The molecule has 2 heteroatoms. The molecule has 0 aliphatic heterocycles. The number of nitrogens with zero attached hydrogens (tertiary/aromatic N) is 1. The van der Waals surface area contributed by atoms with Gasteiger partial charge in [0.15, 0.2) is 0 Å². The second kappa shape index (κ2) is 2.67. The Morgan fingerprint density at radius 1 is 1.07 bits per heavy atom. The predicted octanol–water partition coefficient (Wildman–Crippen LogP) is 2.32. The summed E-state index contributed by atoms with van der Waals surface area (Å²) in [4.78, 5) is 4.34. The van der Waals surface area contributed by atoms with Gasteiger partial charge in [0.2, 0.25) is 0 Å². The average Bonchev–Trinajstić information content (AvgIpc) is 2.51. The third-order valence-electron chi connectivity index (χ3n) is 3.04. The zero-order chi connectivity index (χ0) is 10.5. The quantitative estimate of drug-likeness (QED) is 0.703. The van der Waals surface area contributed by atoms with E-state index in [1.807, 2.05) is 43.3 Å². The SMILES string of the molecule is CC1(O)c2ccccc2-c2ncccc21. The number of hydrogen-bond donors (Lipinski definition) is 1. The van der Waals surface area contributed by atoms with Crippen molar-refractivity contribution in [1.29, 1.82) is 0 Å². The molecule has 3 rings (SSSR count). The maximum atomic E-state index is 10.5. The number of rotatable bonds is 0. The first-order chi connectivity index (χ1) is 7.21. The second-order valence-electron chi connectivity index (χ2n) is 4.02. The van der Waals surface area contributed by atoms with Crippen LogP contribution in [0.25, 0.3) is 11.3 Å². The first-order valence-corrected chi connectivity index (χ1v) is 4.99. The highest BCUT2D eigenvalue weighted by Crippen LogP contribution is 2.45. The number of hydrogen-bond acceptors (Lipinski definition) is 2. The van der Waals surface area contributed by atoms with Crippen molar-refractivity contribution >= 4 is 0 Å². The third-order valence-corrected chi connectivity index (χ3v) is 3.04. The van der Waals surface area contributed by atoms with E-state index >= 15 is 0 Å². The Labute approximate surface area is 88.2 Å². The lowest BCUT2D eigenvalue weighted by Gasteiger charge is -2.18. The minimum atomic E-state index is -0.903. The summed E-state index contributed by atoms with van der Waals surface area (Å²) >= 11 is 0. The largest absolute Gasteiger partial charge is 0.381 e. The molecule has 0 bridgehead atoms. The highest BCUT2D eigenvalue weighted by Gasteiger charge is 2.37. The Balaban J connectivity index is 2.42. The fraction of sp³-hybridized carbons (Fsp3) is 0.154. The van der Waals surface area contributed by atoms with Crippen molar-refractivity contribution in [3.63, 3.8) is 0 Å². The van der Waals surface area contributed by atoms with Crippen LogP contribution in [0.2, 0.25) is 0 Å². The lowest BCUT2D eigenvalue weighted by Crippen LogP contribution is -2.19. The Hall–Kier alpha value is -1.67. The maximum Gasteiger partial charge on any atom is 0.115 e. The van der Waals surface area contributed by atoms with Crippen LogP contribution in [0.15, 0.2) is 42.6 Å². The molecule has 1 aromatic carbocycles. The van der Waals surface area contributed by atoms with Crippen LogP contribution in [-0.4, -0.2) is 10.1 Å². The van der Waals surface area contributed by atoms with Gasteiger partial charge in [0.25, 0.3) is 0 Å². The van der Waals surface area contributed by atoms with Crippen molar-refractivity contribution in [3.05, 3.63) is 53.7 Å². The molecular formula is C13H11NO. The molecule has 0 fully saturated rings. The number of aromatic nitrogens is 1. The molecule has 1 unspecified atom stereocenters. The van der Waals surface area contributed by atoms with Gasteiger partial charge in [0.05, 0.1) is 5.69 Å². The monoisotopic (exact) mass is 197 g/mol. The summed E-state index contributed by atoms with van der Waals surface area (Å²) in [7, 11) is 0. The van der Waals surface area contributed by atoms with Crippen molar-refractivity contribution in [3.8, 4) is 11.3 Å². The summed E-state index contributed by atoms with van der Waals surface area (Å²) in [6.45, 7) is 1.82. The smallest absolute Gasteiger partial charge is 0.115 e. The molecule has 1 heterocycles. The summed E-state index contributed by atoms with van der Waals surface area (Å²) in [6, 6.07) is 11.7. The Morgan fingerprint density at radius 3 is 2.67 bits per heavy atom. The molecule has 2 aromatic rings. The molecule has 1 N–H and O–H groups in total. The van der Waals surface area contributed by atoms with E-state index in [1.165, 1.54) is 0 Å². The second-order valence-corrected chi connectivity index (χ2v) is 4.02. The highest BCUT2D eigenvalue weighted by molar-refractivity contribution is 5.76. The molecule has 1 aliphatic rings. The molecule has 74 valence electrons. The van der Waals surface area contributed by atoms with E-state index in [0.29, 0.717) is 0 Å². The normalized spacial score (nSPS) is 22.3. The van der Waals surface area contributed by atoms with E-state index in [-0.39, 0.29) is 0 Å². The molecule has 1 atom stereocenters. The lowest BCUT2D eigenvalue weighted by molar-refractivity contribution is 0.107. The van der Waals surface area contributed by atoms with E-state index < -0.39 is 5.60 Å². The average molecular weight is 197 g/mol. The lowest BCUT2D eigenvalue weighted by atomic mass is 9.94. The van der Waals surface area contributed by atoms with E-state index in [9.17, 15) is 5.11 Å².